The molecule has 0 aliphatic carbocycles. The van der Waals surface area contributed by atoms with E-state index in [1.54, 1.807) is 0 Å². The number of hydrogen-bond donors (Lipinski definition) is 1. The van der Waals surface area contributed by atoms with Crippen molar-refractivity contribution in [1.29, 1.82) is 0 Å². The van der Waals surface area contributed by atoms with Crippen LogP contribution in [-0.2, 0) is 4.74 Å². The van der Waals surface area contributed by atoms with Crippen LogP contribution in [0, 0.1) is 0 Å². The maximum atomic E-state index is 5.56. The van der Waals surface area contributed by atoms with Gasteiger partial charge >= 0.3 is 0 Å². The fourth-order valence-electron chi connectivity index (χ4n) is 1.95. The zero-order valence-electron chi connectivity index (χ0n) is 12.8. The van der Waals surface area contributed by atoms with Gasteiger partial charge in [-0.25, -0.2) is 0 Å². The van der Waals surface area contributed by atoms with Crippen molar-refractivity contribution in [2.75, 3.05) is 32.9 Å². The molecule has 0 spiro atoms. The van der Waals surface area contributed by atoms with Gasteiger partial charge in [-0.15, -0.1) is 0 Å². The molecule has 114 valence electrons. The Kier molecular flexibility index (Phi) is 11.0. The minimum Gasteiger partial charge on any atom is -0.491 e. The molecule has 0 saturated carbocycles. The molecule has 0 atom stereocenters. The third kappa shape index (κ3) is 9.82. The molecule has 20 heavy (non-hydrogen) atoms. The van der Waals surface area contributed by atoms with E-state index >= 15 is 0 Å². The van der Waals surface area contributed by atoms with Crippen LogP contribution in [0.4, 0.5) is 0 Å². The maximum Gasteiger partial charge on any atom is 0.119 e. The molecule has 0 bridgehead atoms. The molecule has 0 fully saturated rings. The highest BCUT2D eigenvalue weighted by molar-refractivity contribution is 5.20. The van der Waals surface area contributed by atoms with Gasteiger partial charge in [0, 0.05) is 6.61 Å². The minimum absolute atomic E-state index is 0.630. The summed E-state index contributed by atoms with van der Waals surface area (Å²) < 4.78 is 11.1. The Bertz CT molecular complexity index is 303. The van der Waals surface area contributed by atoms with E-state index in [1.165, 1.54) is 25.7 Å². The SMILES string of the molecule is CCCNCCCCCCOCCOc1ccccc1. The highest BCUT2D eigenvalue weighted by atomic mass is 16.5. The molecule has 1 aromatic carbocycles. The van der Waals surface area contributed by atoms with Crippen LogP contribution in [0.2, 0.25) is 0 Å². The lowest BCUT2D eigenvalue weighted by molar-refractivity contribution is 0.0971. The van der Waals surface area contributed by atoms with E-state index < -0.39 is 0 Å². The summed E-state index contributed by atoms with van der Waals surface area (Å²) in [5.41, 5.74) is 0. The number of rotatable bonds is 13. The van der Waals surface area contributed by atoms with Gasteiger partial charge in [0.25, 0.3) is 0 Å². The molecule has 1 aromatic rings. The number of nitrogens with one attached hydrogen (secondary N) is 1. The Labute approximate surface area is 123 Å². The van der Waals surface area contributed by atoms with Crippen LogP contribution in [0.15, 0.2) is 30.3 Å². The molecule has 0 aromatic heterocycles. The summed E-state index contributed by atoms with van der Waals surface area (Å²) in [4.78, 5) is 0. The molecule has 0 radical (unpaired) electrons. The van der Waals surface area contributed by atoms with Crippen molar-refractivity contribution < 1.29 is 9.47 Å². The molecule has 1 N–H and O–H groups in total. The van der Waals surface area contributed by atoms with Gasteiger partial charge in [-0.3, -0.25) is 0 Å². The Balaban J connectivity index is 1.77. The van der Waals surface area contributed by atoms with Crippen molar-refractivity contribution in [3.63, 3.8) is 0 Å². The number of benzene rings is 1. The van der Waals surface area contributed by atoms with E-state index in [-0.39, 0.29) is 0 Å². The Morgan fingerprint density at radius 1 is 0.850 bits per heavy atom. The minimum atomic E-state index is 0.630. The van der Waals surface area contributed by atoms with E-state index in [9.17, 15) is 0 Å². The molecule has 0 saturated heterocycles. The van der Waals surface area contributed by atoms with Crippen molar-refractivity contribution in [3.05, 3.63) is 30.3 Å². The average Bonchev–Trinajstić information content (AvgIpc) is 2.49. The number of hydrogen-bond acceptors (Lipinski definition) is 3. The molecule has 3 heteroatoms. The number of unbranched alkanes of at least 4 members (excludes halogenated alkanes) is 3. The zero-order chi connectivity index (χ0) is 14.3. The third-order valence-electron chi connectivity index (χ3n) is 3.06. The molecule has 3 nitrogen and oxygen atoms in total. The summed E-state index contributed by atoms with van der Waals surface area (Å²) in [6, 6.07) is 9.87. The van der Waals surface area contributed by atoms with E-state index in [2.05, 4.69) is 12.2 Å². The summed E-state index contributed by atoms with van der Waals surface area (Å²) in [7, 11) is 0. The van der Waals surface area contributed by atoms with Crippen molar-refractivity contribution in [1.82, 2.24) is 5.32 Å². The van der Waals surface area contributed by atoms with Gasteiger partial charge in [0.2, 0.25) is 0 Å². The predicted octanol–water partition coefficient (Wildman–Crippen LogP) is 3.64. The van der Waals surface area contributed by atoms with Crippen LogP contribution in [0.25, 0.3) is 0 Å². The van der Waals surface area contributed by atoms with Gasteiger partial charge in [-0.1, -0.05) is 38.0 Å². The second kappa shape index (κ2) is 12.9. The highest BCUT2D eigenvalue weighted by Gasteiger charge is 1.93. The molecule has 0 aliphatic heterocycles. The van der Waals surface area contributed by atoms with Crippen molar-refractivity contribution >= 4 is 0 Å². The Morgan fingerprint density at radius 3 is 2.45 bits per heavy atom. The smallest absolute Gasteiger partial charge is 0.119 e. The van der Waals surface area contributed by atoms with E-state index in [0.29, 0.717) is 13.2 Å². The molecule has 0 aliphatic rings. The summed E-state index contributed by atoms with van der Waals surface area (Å²) in [5, 5.41) is 3.42. The van der Waals surface area contributed by atoms with E-state index in [0.717, 1.165) is 31.9 Å². The maximum absolute atomic E-state index is 5.56. The second-order valence-electron chi connectivity index (χ2n) is 4.94. The van der Waals surface area contributed by atoms with Gasteiger partial charge in [0.1, 0.15) is 12.4 Å². The summed E-state index contributed by atoms with van der Waals surface area (Å²) in [6.07, 6.45) is 6.20. The number of ether oxygens (including phenoxy) is 2. The standard InChI is InChI=1S/C17H29NO2/c1-2-12-18-13-8-3-4-9-14-19-15-16-20-17-10-6-5-7-11-17/h5-7,10-11,18H,2-4,8-9,12-16H2,1H3. The molecular weight excluding hydrogens is 250 g/mol. The van der Waals surface area contributed by atoms with Crippen LogP contribution in [0.1, 0.15) is 39.0 Å². The van der Waals surface area contributed by atoms with Gasteiger partial charge < -0.3 is 14.8 Å². The lowest BCUT2D eigenvalue weighted by Crippen LogP contribution is -2.15. The highest BCUT2D eigenvalue weighted by Crippen LogP contribution is 2.07. The largest absolute Gasteiger partial charge is 0.491 e. The molecule has 1 rings (SSSR count). The van der Waals surface area contributed by atoms with E-state index in [4.69, 9.17) is 9.47 Å². The fourth-order valence-corrected chi connectivity index (χ4v) is 1.95. The Hall–Kier alpha value is -1.06. The molecule has 0 amide bonds. The van der Waals surface area contributed by atoms with E-state index in [1.807, 2.05) is 30.3 Å². The van der Waals surface area contributed by atoms with Crippen LogP contribution < -0.4 is 10.1 Å². The van der Waals surface area contributed by atoms with Gasteiger partial charge in [-0.2, -0.15) is 0 Å². The van der Waals surface area contributed by atoms with Gasteiger partial charge in [-0.05, 0) is 44.5 Å². The summed E-state index contributed by atoms with van der Waals surface area (Å²) >= 11 is 0. The summed E-state index contributed by atoms with van der Waals surface area (Å²) in [5.74, 6) is 0.913. The van der Waals surface area contributed by atoms with Gasteiger partial charge in [0.05, 0.1) is 6.61 Å². The normalized spacial score (nSPS) is 10.7. The molecule has 0 unspecified atom stereocenters. The van der Waals surface area contributed by atoms with Crippen LogP contribution >= 0.6 is 0 Å². The van der Waals surface area contributed by atoms with Crippen LogP contribution in [0.5, 0.6) is 5.75 Å². The lowest BCUT2D eigenvalue weighted by atomic mass is 10.2. The second-order valence-corrected chi connectivity index (χ2v) is 4.94. The quantitative estimate of drug-likeness (QED) is 0.559. The number of para-hydroxylation sites is 1. The third-order valence-corrected chi connectivity index (χ3v) is 3.06. The first-order valence-electron chi connectivity index (χ1n) is 7.90. The van der Waals surface area contributed by atoms with Crippen LogP contribution in [0.3, 0.4) is 0 Å². The first kappa shape index (κ1) is 17.0. The van der Waals surface area contributed by atoms with Gasteiger partial charge in [0.15, 0.2) is 0 Å². The first-order chi connectivity index (χ1) is 9.93. The predicted molar refractivity (Wildman–Crippen MR) is 84.4 cm³/mol. The van der Waals surface area contributed by atoms with Crippen molar-refractivity contribution in [2.45, 2.75) is 39.0 Å². The van der Waals surface area contributed by atoms with Crippen LogP contribution in [-0.4, -0.2) is 32.9 Å². The van der Waals surface area contributed by atoms with Crippen molar-refractivity contribution in [2.24, 2.45) is 0 Å². The monoisotopic (exact) mass is 279 g/mol. The average molecular weight is 279 g/mol. The topological polar surface area (TPSA) is 30.5 Å². The van der Waals surface area contributed by atoms with Crippen molar-refractivity contribution in [3.8, 4) is 5.75 Å². The fraction of sp³-hybridized carbons (Fsp3) is 0.647. The molecule has 0 heterocycles. The first-order valence-corrected chi connectivity index (χ1v) is 7.90. The molecular formula is C17H29NO2. The lowest BCUT2D eigenvalue weighted by Gasteiger charge is -2.07. The zero-order valence-corrected chi connectivity index (χ0v) is 12.8. The Morgan fingerprint density at radius 2 is 1.65 bits per heavy atom. The summed E-state index contributed by atoms with van der Waals surface area (Å²) in [6.45, 7) is 6.65.